The number of nitrogens with two attached hydrogens (primary N) is 1. The molecule has 0 saturated heterocycles. The van der Waals surface area contributed by atoms with E-state index in [2.05, 4.69) is 16.0 Å². The van der Waals surface area contributed by atoms with E-state index >= 15 is 0 Å². The predicted octanol–water partition coefficient (Wildman–Crippen LogP) is 2.76. The smallest absolute Gasteiger partial charge is 0.231 e. The minimum atomic E-state index is 0.189. The van der Waals surface area contributed by atoms with E-state index in [4.69, 9.17) is 15.2 Å². The number of nitrogen functional groups attached to an aromatic ring is 1. The molecule has 0 saturated carbocycles. The lowest BCUT2D eigenvalue weighted by molar-refractivity contribution is 0.174. The summed E-state index contributed by atoms with van der Waals surface area (Å²) in [6, 6.07) is 15.1. The van der Waals surface area contributed by atoms with Gasteiger partial charge in [-0.15, -0.1) is 0 Å². The maximum atomic E-state index is 9.55. The van der Waals surface area contributed by atoms with Crippen molar-refractivity contribution in [2.24, 2.45) is 0 Å². The zero-order valence-electron chi connectivity index (χ0n) is 12.9. The summed E-state index contributed by atoms with van der Waals surface area (Å²) in [5.74, 6) is 1.61. The summed E-state index contributed by atoms with van der Waals surface area (Å²) in [5, 5.41) is 9.55. The molecule has 120 valence electrons. The first-order valence-electron chi connectivity index (χ1n) is 7.63. The van der Waals surface area contributed by atoms with Crippen molar-refractivity contribution in [2.75, 3.05) is 12.5 Å². The molecular formula is C18H11N5O2. The Bertz CT molecular complexity index is 1210. The van der Waals surface area contributed by atoms with Gasteiger partial charge in [-0.25, -0.2) is 9.97 Å². The summed E-state index contributed by atoms with van der Waals surface area (Å²) < 4.78 is 12.5. The molecule has 2 aromatic heterocycles. The number of fused-ring (bicyclic) bond motifs is 3. The Balaban J connectivity index is 1.87. The Labute approximate surface area is 141 Å². The fourth-order valence-electron chi connectivity index (χ4n) is 3.06. The number of rotatable bonds is 1. The molecule has 0 fully saturated rings. The molecule has 7 heteroatoms. The maximum Gasteiger partial charge on any atom is 0.231 e. The number of benzene rings is 2. The van der Waals surface area contributed by atoms with Gasteiger partial charge in [-0.1, -0.05) is 12.1 Å². The molecule has 0 aliphatic carbocycles. The molecular weight excluding hydrogens is 318 g/mol. The van der Waals surface area contributed by atoms with Crippen molar-refractivity contribution in [3.63, 3.8) is 0 Å². The van der Waals surface area contributed by atoms with Crippen LogP contribution in [0, 0.1) is 11.3 Å². The van der Waals surface area contributed by atoms with E-state index in [1.165, 1.54) is 0 Å². The lowest BCUT2D eigenvalue weighted by Crippen LogP contribution is -2.01. The first-order chi connectivity index (χ1) is 12.3. The van der Waals surface area contributed by atoms with Gasteiger partial charge in [-0.3, -0.25) is 4.57 Å². The largest absolute Gasteiger partial charge is 0.454 e. The van der Waals surface area contributed by atoms with E-state index in [1.54, 1.807) is 4.57 Å². The standard InChI is InChI=1S/C18H11N5O2/c19-8-11-16-18(22-13-4-2-1-3-12(13)21-16)23(17(11)20)10-5-6-14-15(7-10)25-9-24-14/h1-7H,9,20H2. The Hall–Kier alpha value is -3.79. The number of nitrogens with zero attached hydrogens (tertiary/aromatic N) is 4. The highest BCUT2D eigenvalue weighted by molar-refractivity contribution is 5.93. The lowest BCUT2D eigenvalue weighted by Gasteiger charge is -2.08. The van der Waals surface area contributed by atoms with Gasteiger partial charge in [0.05, 0.1) is 16.7 Å². The van der Waals surface area contributed by atoms with Crippen LogP contribution in [-0.2, 0) is 0 Å². The third-order valence-corrected chi connectivity index (χ3v) is 4.22. The molecule has 5 rings (SSSR count). The van der Waals surface area contributed by atoms with Gasteiger partial charge < -0.3 is 15.2 Å². The van der Waals surface area contributed by atoms with Gasteiger partial charge in [0.2, 0.25) is 6.79 Å². The zero-order valence-corrected chi connectivity index (χ0v) is 12.9. The van der Waals surface area contributed by atoms with Gasteiger partial charge in [0, 0.05) is 6.07 Å². The Morgan fingerprint density at radius 3 is 2.60 bits per heavy atom. The number of ether oxygens (including phenoxy) is 2. The molecule has 2 aromatic carbocycles. The molecule has 2 N–H and O–H groups in total. The van der Waals surface area contributed by atoms with Crippen molar-refractivity contribution in [1.29, 1.82) is 5.26 Å². The van der Waals surface area contributed by atoms with E-state index in [1.807, 2.05) is 42.5 Å². The van der Waals surface area contributed by atoms with Crippen molar-refractivity contribution in [3.05, 3.63) is 48.0 Å². The van der Waals surface area contributed by atoms with Crippen LogP contribution in [0.25, 0.3) is 27.9 Å². The minimum absolute atomic E-state index is 0.189. The molecule has 4 aromatic rings. The van der Waals surface area contributed by atoms with E-state index in [0.29, 0.717) is 39.6 Å². The second kappa shape index (κ2) is 4.85. The first-order valence-corrected chi connectivity index (χ1v) is 7.63. The molecule has 0 unspecified atom stereocenters. The quantitative estimate of drug-likeness (QED) is 0.576. The van der Waals surface area contributed by atoms with Crippen molar-refractivity contribution < 1.29 is 9.47 Å². The van der Waals surface area contributed by atoms with Gasteiger partial charge in [-0.05, 0) is 24.3 Å². The zero-order chi connectivity index (χ0) is 17.0. The van der Waals surface area contributed by atoms with Crippen molar-refractivity contribution in [1.82, 2.24) is 14.5 Å². The molecule has 0 amide bonds. The van der Waals surface area contributed by atoms with E-state index in [9.17, 15) is 5.26 Å². The molecule has 0 atom stereocenters. The monoisotopic (exact) mass is 329 g/mol. The summed E-state index contributed by atoms with van der Waals surface area (Å²) in [4.78, 5) is 9.26. The molecule has 1 aliphatic heterocycles. The van der Waals surface area contributed by atoms with Gasteiger partial charge in [0.15, 0.2) is 17.1 Å². The van der Waals surface area contributed by atoms with Crippen LogP contribution in [0.5, 0.6) is 11.5 Å². The van der Waals surface area contributed by atoms with Crippen LogP contribution in [0.15, 0.2) is 42.5 Å². The molecule has 3 heterocycles. The topological polar surface area (TPSA) is 99.0 Å². The Morgan fingerprint density at radius 1 is 1.04 bits per heavy atom. The molecule has 0 bridgehead atoms. The second-order valence-corrected chi connectivity index (χ2v) is 5.63. The van der Waals surface area contributed by atoms with Crippen LogP contribution < -0.4 is 15.2 Å². The van der Waals surface area contributed by atoms with Crippen LogP contribution in [0.1, 0.15) is 5.56 Å². The second-order valence-electron chi connectivity index (χ2n) is 5.63. The number of nitriles is 1. The highest BCUT2D eigenvalue weighted by Crippen LogP contribution is 2.36. The van der Waals surface area contributed by atoms with Crippen LogP contribution >= 0.6 is 0 Å². The van der Waals surface area contributed by atoms with Gasteiger partial charge in [0.1, 0.15) is 23.0 Å². The van der Waals surface area contributed by atoms with Crippen LogP contribution in [-0.4, -0.2) is 21.3 Å². The normalized spacial score (nSPS) is 12.6. The predicted molar refractivity (Wildman–Crippen MR) is 91.6 cm³/mol. The first kappa shape index (κ1) is 13.6. The number of anilines is 1. The highest BCUT2D eigenvalue weighted by atomic mass is 16.7. The van der Waals surface area contributed by atoms with Crippen LogP contribution in [0.4, 0.5) is 5.82 Å². The van der Waals surface area contributed by atoms with Gasteiger partial charge in [-0.2, -0.15) is 5.26 Å². The fraction of sp³-hybridized carbons (Fsp3) is 0.0556. The van der Waals surface area contributed by atoms with Crippen molar-refractivity contribution in [3.8, 4) is 23.3 Å². The summed E-state index contributed by atoms with van der Waals surface area (Å²) in [5.41, 5.74) is 9.77. The number of hydrogen-bond acceptors (Lipinski definition) is 6. The summed E-state index contributed by atoms with van der Waals surface area (Å²) in [7, 11) is 0. The molecule has 1 aliphatic rings. The molecule has 7 nitrogen and oxygen atoms in total. The number of aromatic nitrogens is 3. The third kappa shape index (κ3) is 1.85. The highest BCUT2D eigenvalue weighted by Gasteiger charge is 2.21. The number of hydrogen-bond donors (Lipinski definition) is 1. The SMILES string of the molecule is N#Cc1c(N)n(-c2ccc3c(c2)OCO3)c2nc3ccccc3nc12. The lowest BCUT2D eigenvalue weighted by atomic mass is 10.2. The van der Waals surface area contributed by atoms with E-state index in [0.717, 1.165) is 11.2 Å². The number of para-hydroxylation sites is 2. The summed E-state index contributed by atoms with van der Waals surface area (Å²) >= 11 is 0. The maximum absolute atomic E-state index is 9.55. The molecule has 0 radical (unpaired) electrons. The van der Waals surface area contributed by atoms with Crippen LogP contribution in [0.3, 0.4) is 0 Å². The van der Waals surface area contributed by atoms with Crippen LogP contribution in [0.2, 0.25) is 0 Å². The average Bonchev–Trinajstić information content (AvgIpc) is 3.20. The summed E-state index contributed by atoms with van der Waals surface area (Å²) in [6.45, 7) is 0.189. The molecule has 25 heavy (non-hydrogen) atoms. The van der Waals surface area contributed by atoms with E-state index < -0.39 is 0 Å². The minimum Gasteiger partial charge on any atom is -0.454 e. The molecule has 0 spiro atoms. The Morgan fingerprint density at radius 2 is 1.80 bits per heavy atom. The average molecular weight is 329 g/mol. The Kier molecular flexibility index (Phi) is 2.64. The van der Waals surface area contributed by atoms with Crippen molar-refractivity contribution >= 4 is 28.0 Å². The van der Waals surface area contributed by atoms with E-state index in [-0.39, 0.29) is 6.79 Å². The van der Waals surface area contributed by atoms with Gasteiger partial charge >= 0.3 is 0 Å². The summed E-state index contributed by atoms with van der Waals surface area (Å²) in [6.07, 6.45) is 0. The van der Waals surface area contributed by atoms with Crippen molar-refractivity contribution in [2.45, 2.75) is 0 Å². The third-order valence-electron chi connectivity index (χ3n) is 4.22. The fourth-order valence-corrected chi connectivity index (χ4v) is 3.06. The van der Waals surface area contributed by atoms with Gasteiger partial charge in [0.25, 0.3) is 0 Å².